The first-order valence-corrected chi connectivity index (χ1v) is 9.18. The number of rotatable bonds is 13. The molecule has 0 rings (SSSR count). The van der Waals surface area contributed by atoms with Crippen molar-refractivity contribution in [3.8, 4) is 0 Å². The predicted octanol–water partition coefficient (Wildman–Crippen LogP) is 3.64. The molecule has 0 aromatic carbocycles. The number of hydrogen-bond acceptors (Lipinski definition) is 3. The van der Waals surface area contributed by atoms with E-state index in [1.165, 1.54) is 0 Å². The summed E-state index contributed by atoms with van der Waals surface area (Å²) in [5.74, 6) is 0. The molecule has 0 spiro atoms. The van der Waals surface area contributed by atoms with Crippen molar-refractivity contribution in [2.24, 2.45) is 0 Å². The van der Waals surface area contributed by atoms with Gasteiger partial charge in [0.1, 0.15) is 12.3 Å². The molecule has 0 amide bonds. The lowest BCUT2D eigenvalue weighted by Crippen LogP contribution is -2.49. The second kappa shape index (κ2) is 11.3. The summed E-state index contributed by atoms with van der Waals surface area (Å²) in [6.07, 6.45) is -18.8. The molecule has 0 radical (unpaired) electrons. The van der Waals surface area contributed by atoms with Gasteiger partial charge in [-0.1, -0.05) is 0 Å². The van der Waals surface area contributed by atoms with Crippen LogP contribution in [0.15, 0.2) is 0 Å². The Hall–Kier alpha value is -0.393. The maximum absolute atomic E-state index is 13.9. The molecule has 0 N–H and O–H groups in total. The van der Waals surface area contributed by atoms with Crippen LogP contribution >= 0.6 is 0 Å². The van der Waals surface area contributed by atoms with Crippen LogP contribution in [-0.2, 0) is 13.3 Å². The molecule has 0 aliphatic rings. The van der Waals surface area contributed by atoms with E-state index in [1.807, 2.05) is 0 Å². The summed E-state index contributed by atoms with van der Waals surface area (Å²) in [7, 11) is -0.270. The fraction of sp³-hybridized carbons (Fsp3) is 1.00. The number of hydrogen-bond donors (Lipinski definition) is 0. The van der Waals surface area contributed by atoms with Crippen molar-refractivity contribution in [1.82, 2.24) is 0 Å². The summed E-state index contributed by atoms with van der Waals surface area (Å²) >= 11 is 0. The van der Waals surface area contributed by atoms with E-state index < -0.39 is 65.0 Å². The second-order valence-corrected chi connectivity index (χ2v) is 8.14. The third kappa shape index (κ3) is 6.49. The Labute approximate surface area is 137 Å². The minimum Gasteiger partial charge on any atom is -0.377 e. The lowest BCUT2D eigenvalue weighted by Gasteiger charge is -2.29. The van der Waals surface area contributed by atoms with Crippen molar-refractivity contribution in [3.63, 3.8) is 0 Å². The molecule has 0 aliphatic carbocycles. The topological polar surface area (TPSA) is 27.7 Å². The quantitative estimate of drug-likeness (QED) is 0.356. The van der Waals surface area contributed by atoms with Crippen LogP contribution in [-0.4, -0.2) is 73.8 Å². The highest BCUT2D eigenvalue weighted by molar-refractivity contribution is 6.60. The van der Waals surface area contributed by atoms with Gasteiger partial charge in [0.25, 0.3) is 0 Å². The molecule has 6 atom stereocenters. The molecular formula is C13H23F7O3Si. The highest BCUT2D eigenvalue weighted by atomic mass is 28.4. The Balaban J connectivity index is 4.80. The summed E-state index contributed by atoms with van der Waals surface area (Å²) in [6.45, 7) is -0.959. The van der Waals surface area contributed by atoms with Gasteiger partial charge in [-0.2, -0.15) is 0 Å². The van der Waals surface area contributed by atoms with Gasteiger partial charge < -0.3 is 13.3 Å². The molecular weight excluding hydrogens is 365 g/mol. The van der Waals surface area contributed by atoms with Crippen LogP contribution in [0, 0.1) is 0 Å². The standard InChI is InChI=1S/C13H23F7O3Si/c1-21-24(22-2,23-3)7-9(16)11(18)13(20)12(19)10(17)8(15)5-4-6-14/h8-13H,4-7H2,1-3H3. The Morgan fingerprint density at radius 3 is 1.50 bits per heavy atom. The van der Waals surface area contributed by atoms with Crippen LogP contribution in [0.3, 0.4) is 0 Å². The molecule has 0 saturated heterocycles. The van der Waals surface area contributed by atoms with Gasteiger partial charge in [0.2, 0.25) is 0 Å². The van der Waals surface area contributed by atoms with Gasteiger partial charge in [0.15, 0.2) is 24.7 Å². The lowest BCUT2D eigenvalue weighted by atomic mass is 10.00. The average Bonchev–Trinajstić information content (AvgIpc) is 2.61. The van der Waals surface area contributed by atoms with E-state index in [-0.39, 0.29) is 6.42 Å². The van der Waals surface area contributed by atoms with Crippen LogP contribution in [0.4, 0.5) is 30.7 Å². The van der Waals surface area contributed by atoms with Gasteiger partial charge in [0.05, 0.1) is 12.7 Å². The van der Waals surface area contributed by atoms with Gasteiger partial charge in [-0.05, 0) is 12.8 Å². The summed E-state index contributed by atoms with van der Waals surface area (Å²) in [6, 6.07) is -0.831. The molecule has 11 heteroatoms. The summed E-state index contributed by atoms with van der Waals surface area (Å²) < 4.78 is 108. The first kappa shape index (κ1) is 23.6. The van der Waals surface area contributed by atoms with Crippen molar-refractivity contribution in [2.75, 3.05) is 28.0 Å². The lowest BCUT2D eigenvalue weighted by molar-refractivity contribution is -0.0218. The Bertz CT molecular complexity index is 330. The highest BCUT2D eigenvalue weighted by Gasteiger charge is 2.48. The monoisotopic (exact) mass is 388 g/mol. The van der Waals surface area contributed by atoms with Gasteiger partial charge in [-0.15, -0.1) is 0 Å². The van der Waals surface area contributed by atoms with Crippen molar-refractivity contribution in [3.05, 3.63) is 0 Å². The minimum atomic E-state index is -3.60. The maximum atomic E-state index is 13.9. The maximum Gasteiger partial charge on any atom is 0.503 e. The zero-order chi connectivity index (χ0) is 18.9. The van der Waals surface area contributed by atoms with E-state index in [4.69, 9.17) is 13.3 Å². The van der Waals surface area contributed by atoms with E-state index in [2.05, 4.69) is 0 Å². The zero-order valence-electron chi connectivity index (χ0n) is 13.7. The molecule has 0 aromatic heterocycles. The zero-order valence-corrected chi connectivity index (χ0v) is 14.7. The minimum absolute atomic E-state index is 0.389. The molecule has 0 bridgehead atoms. The SMILES string of the molecule is CO[Si](CC(F)C(F)C(F)C(F)C(F)C(F)CCCF)(OC)OC. The van der Waals surface area contributed by atoms with Gasteiger partial charge in [-0.25, -0.2) is 26.3 Å². The van der Waals surface area contributed by atoms with Gasteiger partial charge >= 0.3 is 8.80 Å². The average molecular weight is 388 g/mol. The van der Waals surface area contributed by atoms with Crippen LogP contribution in [0.2, 0.25) is 6.04 Å². The molecule has 3 nitrogen and oxygen atoms in total. The van der Waals surface area contributed by atoms with Crippen LogP contribution in [0.5, 0.6) is 0 Å². The number of halogens is 7. The first-order chi connectivity index (χ1) is 11.2. The van der Waals surface area contributed by atoms with Crippen molar-refractivity contribution in [1.29, 1.82) is 0 Å². The predicted molar refractivity (Wildman–Crippen MR) is 76.2 cm³/mol. The van der Waals surface area contributed by atoms with Crippen molar-refractivity contribution in [2.45, 2.75) is 55.9 Å². The van der Waals surface area contributed by atoms with Crippen LogP contribution in [0.25, 0.3) is 0 Å². The molecule has 6 unspecified atom stereocenters. The fourth-order valence-corrected chi connectivity index (χ4v) is 3.74. The highest BCUT2D eigenvalue weighted by Crippen LogP contribution is 2.29. The van der Waals surface area contributed by atoms with E-state index >= 15 is 0 Å². The smallest absolute Gasteiger partial charge is 0.377 e. The Morgan fingerprint density at radius 1 is 0.708 bits per heavy atom. The Morgan fingerprint density at radius 2 is 1.12 bits per heavy atom. The van der Waals surface area contributed by atoms with Crippen molar-refractivity contribution >= 4 is 8.80 Å². The van der Waals surface area contributed by atoms with E-state index in [0.717, 1.165) is 21.3 Å². The van der Waals surface area contributed by atoms with Gasteiger partial charge in [-0.3, -0.25) is 4.39 Å². The number of alkyl halides is 7. The van der Waals surface area contributed by atoms with Crippen molar-refractivity contribution < 1.29 is 44.0 Å². The van der Waals surface area contributed by atoms with E-state index in [9.17, 15) is 30.7 Å². The summed E-state index contributed by atoms with van der Waals surface area (Å²) in [4.78, 5) is 0. The Kier molecular flexibility index (Phi) is 11.1. The molecule has 0 fully saturated rings. The van der Waals surface area contributed by atoms with Crippen LogP contribution in [0.1, 0.15) is 12.8 Å². The molecule has 146 valence electrons. The molecule has 0 heterocycles. The normalized spacial score (nSPS) is 20.2. The molecule has 0 aromatic rings. The molecule has 0 saturated carbocycles. The van der Waals surface area contributed by atoms with E-state index in [1.54, 1.807) is 0 Å². The third-order valence-electron chi connectivity index (χ3n) is 3.60. The molecule has 0 aliphatic heterocycles. The third-order valence-corrected chi connectivity index (χ3v) is 6.35. The first-order valence-electron chi connectivity index (χ1n) is 7.25. The summed E-state index contributed by atoms with van der Waals surface area (Å²) in [5, 5.41) is 0. The van der Waals surface area contributed by atoms with Gasteiger partial charge in [0, 0.05) is 21.3 Å². The fourth-order valence-electron chi connectivity index (χ4n) is 2.03. The second-order valence-electron chi connectivity index (χ2n) is 5.14. The van der Waals surface area contributed by atoms with E-state index in [0.29, 0.717) is 0 Å². The molecule has 24 heavy (non-hydrogen) atoms. The summed E-state index contributed by atoms with van der Waals surface area (Å²) in [5.41, 5.74) is 0. The van der Waals surface area contributed by atoms with Crippen LogP contribution < -0.4 is 0 Å². The largest absolute Gasteiger partial charge is 0.503 e.